The van der Waals surface area contributed by atoms with Gasteiger partial charge in [-0.3, -0.25) is 4.79 Å². The van der Waals surface area contributed by atoms with E-state index < -0.39 is 0 Å². The first-order valence-corrected chi connectivity index (χ1v) is 4.26. The molecular weight excluding hydrogens is 152 g/mol. The SMILES string of the molecule is Nc1c(C2CCC2)cc[nH]c1=O. The molecule has 1 fully saturated rings. The number of aromatic amines is 1. The Hall–Kier alpha value is -1.25. The molecule has 0 aromatic carbocycles. The zero-order chi connectivity index (χ0) is 8.55. The summed E-state index contributed by atoms with van der Waals surface area (Å²) < 4.78 is 0. The summed E-state index contributed by atoms with van der Waals surface area (Å²) >= 11 is 0. The maximum Gasteiger partial charge on any atom is 0.271 e. The lowest BCUT2D eigenvalue weighted by Crippen LogP contribution is -2.18. The molecule has 3 heteroatoms. The molecular formula is C9H12N2O. The van der Waals surface area contributed by atoms with E-state index in [1.165, 1.54) is 19.3 Å². The molecule has 0 radical (unpaired) electrons. The first-order chi connectivity index (χ1) is 5.79. The van der Waals surface area contributed by atoms with Crippen LogP contribution in [0.3, 0.4) is 0 Å². The number of pyridine rings is 1. The summed E-state index contributed by atoms with van der Waals surface area (Å²) in [6, 6.07) is 1.92. The van der Waals surface area contributed by atoms with Gasteiger partial charge < -0.3 is 10.7 Å². The van der Waals surface area contributed by atoms with Crippen molar-refractivity contribution in [3.63, 3.8) is 0 Å². The Morgan fingerprint density at radius 2 is 2.25 bits per heavy atom. The van der Waals surface area contributed by atoms with Crippen molar-refractivity contribution in [1.82, 2.24) is 4.98 Å². The number of hydrogen-bond acceptors (Lipinski definition) is 2. The van der Waals surface area contributed by atoms with Gasteiger partial charge in [0.15, 0.2) is 0 Å². The number of H-pyrrole nitrogens is 1. The smallest absolute Gasteiger partial charge is 0.271 e. The van der Waals surface area contributed by atoms with Crippen LogP contribution in [-0.2, 0) is 0 Å². The van der Waals surface area contributed by atoms with Crippen molar-refractivity contribution in [2.24, 2.45) is 0 Å². The van der Waals surface area contributed by atoms with Crippen molar-refractivity contribution in [2.75, 3.05) is 5.73 Å². The average molecular weight is 164 g/mol. The standard InChI is InChI=1S/C9H12N2O/c10-8-7(6-2-1-3-6)4-5-11-9(8)12/h4-6H,1-3,10H2,(H,11,12). The van der Waals surface area contributed by atoms with E-state index in [0.717, 1.165) is 5.56 Å². The molecule has 0 unspecified atom stereocenters. The van der Waals surface area contributed by atoms with Crippen molar-refractivity contribution in [1.29, 1.82) is 0 Å². The summed E-state index contributed by atoms with van der Waals surface area (Å²) in [7, 11) is 0. The van der Waals surface area contributed by atoms with Crippen LogP contribution in [0, 0.1) is 0 Å². The van der Waals surface area contributed by atoms with E-state index in [4.69, 9.17) is 5.73 Å². The summed E-state index contributed by atoms with van der Waals surface area (Å²) in [6.45, 7) is 0. The summed E-state index contributed by atoms with van der Waals surface area (Å²) in [4.78, 5) is 13.7. The van der Waals surface area contributed by atoms with Gasteiger partial charge in [0.2, 0.25) is 0 Å². The lowest BCUT2D eigenvalue weighted by atomic mass is 9.80. The highest BCUT2D eigenvalue weighted by molar-refractivity contribution is 5.46. The second-order valence-corrected chi connectivity index (χ2v) is 3.30. The molecule has 0 spiro atoms. The predicted octanol–water partition coefficient (Wildman–Crippen LogP) is 1.22. The maximum atomic E-state index is 11.1. The van der Waals surface area contributed by atoms with E-state index in [0.29, 0.717) is 11.6 Å². The minimum atomic E-state index is -0.153. The first-order valence-electron chi connectivity index (χ1n) is 4.26. The molecule has 1 aromatic rings. The Labute approximate surface area is 70.6 Å². The molecule has 1 aliphatic rings. The third-order valence-electron chi connectivity index (χ3n) is 2.58. The van der Waals surface area contributed by atoms with Gasteiger partial charge in [-0.15, -0.1) is 0 Å². The lowest BCUT2D eigenvalue weighted by molar-refractivity contribution is 0.420. The summed E-state index contributed by atoms with van der Waals surface area (Å²) in [6.07, 6.45) is 5.28. The average Bonchev–Trinajstić information content (AvgIpc) is 1.95. The molecule has 0 saturated heterocycles. The highest BCUT2D eigenvalue weighted by atomic mass is 16.1. The molecule has 2 rings (SSSR count). The van der Waals surface area contributed by atoms with Crippen LogP contribution in [0.1, 0.15) is 30.7 Å². The van der Waals surface area contributed by atoms with Gasteiger partial charge in [0.05, 0.1) is 0 Å². The largest absolute Gasteiger partial charge is 0.394 e. The van der Waals surface area contributed by atoms with Gasteiger partial charge in [0, 0.05) is 6.20 Å². The third-order valence-corrected chi connectivity index (χ3v) is 2.58. The normalized spacial score (nSPS) is 17.3. The summed E-state index contributed by atoms with van der Waals surface area (Å²) in [5.74, 6) is 0.535. The fraction of sp³-hybridized carbons (Fsp3) is 0.444. The maximum absolute atomic E-state index is 11.1. The van der Waals surface area contributed by atoms with Crippen LogP contribution in [0.15, 0.2) is 17.1 Å². The molecule has 12 heavy (non-hydrogen) atoms. The molecule has 3 N–H and O–H groups in total. The topological polar surface area (TPSA) is 58.9 Å². The van der Waals surface area contributed by atoms with Gasteiger partial charge >= 0.3 is 0 Å². The number of nitrogen functional groups attached to an aromatic ring is 1. The van der Waals surface area contributed by atoms with Crippen LogP contribution in [-0.4, -0.2) is 4.98 Å². The number of aromatic nitrogens is 1. The van der Waals surface area contributed by atoms with Crippen molar-refractivity contribution < 1.29 is 0 Å². The zero-order valence-corrected chi connectivity index (χ0v) is 6.84. The van der Waals surface area contributed by atoms with Crippen molar-refractivity contribution in [2.45, 2.75) is 25.2 Å². The number of rotatable bonds is 1. The molecule has 3 nitrogen and oxygen atoms in total. The first kappa shape index (κ1) is 7.40. The van der Waals surface area contributed by atoms with E-state index in [2.05, 4.69) is 4.98 Å². The Morgan fingerprint density at radius 1 is 1.50 bits per heavy atom. The molecule has 0 bridgehead atoms. The minimum Gasteiger partial charge on any atom is -0.394 e. The number of nitrogens with one attached hydrogen (secondary N) is 1. The van der Waals surface area contributed by atoms with Crippen LogP contribution in [0.5, 0.6) is 0 Å². The second-order valence-electron chi connectivity index (χ2n) is 3.30. The van der Waals surface area contributed by atoms with Crippen LogP contribution in [0.25, 0.3) is 0 Å². The molecule has 1 aromatic heterocycles. The van der Waals surface area contributed by atoms with Gasteiger partial charge in [0.25, 0.3) is 5.56 Å². The Bertz CT molecular complexity index is 339. The van der Waals surface area contributed by atoms with Gasteiger partial charge in [-0.1, -0.05) is 6.42 Å². The molecule has 0 amide bonds. The van der Waals surface area contributed by atoms with E-state index in [9.17, 15) is 4.79 Å². The van der Waals surface area contributed by atoms with Crippen LogP contribution < -0.4 is 11.3 Å². The van der Waals surface area contributed by atoms with E-state index in [-0.39, 0.29) is 5.56 Å². The monoisotopic (exact) mass is 164 g/mol. The quantitative estimate of drug-likeness (QED) is 0.655. The summed E-state index contributed by atoms with van der Waals surface area (Å²) in [5, 5.41) is 0. The van der Waals surface area contributed by atoms with Gasteiger partial charge in [-0.25, -0.2) is 0 Å². The van der Waals surface area contributed by atoms with Crippen LogP contribution >= 0.6 is 0 Å². The molecule has 0 aliphatic heterocycles. The van der Waals surface area contributed by atoms with Gasteiger partial charge in [-0.2, -0.15) is 0 Å². The fourth-order valence-electron chi connectivity index (χ4n) is 1.58. The number of nitrogens with two attached hydrogens (primary N) is 1. The zero-order valence-electron chi connectivity index (χ0n) is 6.84. The van der Waals surface area contributed by atoms with Crippen molar-refractivity contribution in [3.05, 3.63) is 28.2 Å². The highest BCUT2D eigenvalue weighted by Gasteiger charge is 2.21. The van der Waals surface area contributed by atoms with Crippen LogP contribution in [0.4, 0.5) is 5.69 Å². The fourth-order valence-corrected chi connectivity index (χ4v) is 1.58. The molecule has 1 heterocycles. The predicted molar refractivity (Wildman–Crippen MR) is 48.1 cm³/mol. The Morgan fingerprint density at radius 3 is 2.83 bits per heavy atom. The lowest BCUT2D eigenvalue weighted by Gasteiger charge is -2.26. The van der Waals surface area contributed by atoms with Crippen molar-refractivity contribution in [3.8, 4) is 0 Å². The van der Waals surface area contributed by atoms with E-state index >= 15 is 0 Å². The Kier molecular flexibility index (Phi) is 1.64. The third kappa shape index (κ3) is 1.02. The molecule has 0 atom stereocenters. The van der Waals surface area contributed by atoms with Gasteiger partial charge in [-0.05, 0) is 30.4 Å². The molecule has 1 saturated carbocycles. The van der Waals surface area contributed by atoms with Crippen molar-refractivity contribution >= 4 is 5.69 Å². The van der Waals surface area contributed by atoms with E-state index in [1.807, 2.05) is 6.07 Å². The molecule has 1 aliphatic carbocycles. The molecule has 64 valence electrons. The Balaban J connectivity index is 2.42. The van der Waals surface area contributed by atoms with Gasteiger partial charge in [0.1, 0.15) is 5.69 Å². The number of hydrogen-bond donors (Lipinski definition) is 2. The highest BCUT2D eigenvalue weighted by Crippen LogP contribution is 2.37. The summed E-state index contributed by atoms with van der Waals surface area (Å²) in [5.41, 5.74) is 6.93. The minimum absolute atomic E-state index is 0.153. The second kappa shape index (κ2) is 2.66. The number of anilines is 1. The van der Waals surface area contributed by atoms with E-state index in [1.54, 1.807) is 6.20 Å². The van der Waals surface area contributed by atoms with Crippen LogP contribution in [0.2, 0.25) is 0 Å².